The molecule has 5 N–H and O–H groups in total. The van der Waals surface area contributed by atoms with Gasteiger partial charge in [0.05, 0.1) is 26.4 Å². The molecule has 19 nitrogen and oxygen atoms in total. The number of unbranched alkanes of at least 4 members (excludes halogenated alkanes) is 28. The predicted octanol–water partition coefficient (Wildman–Crippen LogP) is 18.5. The van der Waals surface area contributed by atoms with Crippen LogP contribution in [0.4, 0.5) is 28.1 Å². The van der Waals surface area contributed by atoms with E-state index in [4.69, 9.17) is 23.7 Å². The SMILES string of the molecule is CCCCCCCCCCOc1cc(NC(=O)OCc2ccccc2)nc(NC(=O)c2cc(OCCCCCCCCCC)cc(C(=O)Nc3cc(OCCCCCCCCCC)cc(NC(=O)c4cc(OCCCCCCCCCC)cc(C(=O)O)n4)n3)n2)c1. The summed E-state index contributed by atoms with van der Waals surface area (Å²) in [7, 11) is 0. The molecule has 1 aromatic carbocycles. The van der Waals surface area contributed by atoms with Gasteiger partial charge < -0.3 is 44.7 Å². The molecule has 0 unspecified atom stereocenters. The molecule has 0 atom stereocenters. The Kier molecular flexibility index (Phi) is 36.9. The zero-order chi connectivity index (χ0) is 64.9. The lowest BCUT2D eigenvalue weighted by atomic mass is 10.1. The number of anilines is 4. The first-order chi connectivity index (χ1) is 44.5. The number of carbonyl (C=O) groups excluding carboxylic acids is 4. The molecule has 5 rings (SSSR count). The lowest BCUT2D eigenvalue weighted by Crippen LogP contribution is -2.21. The van der Waals surface area contributed by atoms with Crippen LogP contribution in [0, 0.1) is 0 Å². The molecule has 4 amide bonds. The Morgan fingerprint density at radius 3 is 0.934 bits per heavy atom. The molecule has 0 bridgehead atoms. The van der Waals surface area contributed by atoms with Crippen molar-refractivity contribution in [1.82, 2.24) is 19.9 Å². The summed E-state index contributed by atoms with van der Waals surface area (Å²) in [5.74, 6) is -2.51. The smallest absolute Gasteiger partial charge is 0.413 e. The maximum absolute atomic E-state index is 14.5. The minimum absolute atomic E-state index is 0.0234. The molecule has 19 heteroatoms. The zero-order valence-corrected chi connectivity index (χ0v) is 55.0. The van der Waals surface area contributed by atoms with Crippen LogP contribution in [0.15, 0.2) is 78.9 Å². The van der Waals surface area contributed by atoms with Crippen LogP contribution in [0.5, 0.6) is 23.0 Å². The van der Waals surface area contributed by atoms with Crippen molar-refractivity contribution in [3.63, 3.8) is 0 Å². The van der Waals surface area contributed by atoms with Crippen LogP contribution in [0.1, 0.15) is 281 Å². The van der Waals surface area contributed by atoms with Crippen molar-refractivity contribution in [2.45, 2.75) is 240 Å². The fourth-order valence-electron chi connectivity index (χ4n) is 10.2. The fraction of sp³-hybridized carbons (Fsp3) is 0.569. The van der Waals surface area contributed by atoms with Gasteiger partial charge in [-0.05, 0) is 31.2 Å². The number of rotatable bonds is 50. The van der Waals surface area contributed by atoms with Crippen LogP contribution in [-0.4, -0.2) is 81.3 Å². The molecule has 498 valence electrons. The van der Waals surface area contributed by atoms with Crippen molar-refractivity contribution in [3.05, 3.63) is 107 Å². The van der Waals surface area contributed by atoms with Crippen LogP contribution < -0.4 is 40.2 Å². The van der Waals surface area contributed by atoms with E-state index in [1.165, 1.54) is 139 Å². The van der Waals surface area contributed by atoms with Gasteiger partial charge in [-0.1, -0.05) is 238 Å². The van der Waals surface area contributed by atoms with Crippen molar-refractivity contribution < 1.29 is 52.8 Å². The normalized spacial score (nSPS) is 11.0. The molecule has 0 aliphatic carbocycles. The Morgan fingerprint density at radius 2 is 0.615 bits per heavy atom. The van der Waals surface area contributed by atoms with E-state index in [0.717, 1.165) is 108 Å². The molecule has 4 aromatic heterocycles. The van der Waals surface area contributed by atoms with Gasteiger partial charge in [0.15, 0.2) is 5.69 Å². The number of pyridine rings is 4. The lowest BCUT2D eigenvalue weighted by molar-refractivity contribution is 0.0689. The molecule has 0 saturated heterocycles. The topological polar surface area (TPSA) is 251 Å². The highest BCUT2D eigenvalue weighted by Gasteiger charge is 2.21. The number of carbonyl (C=O) groups is 5. The molecule has 0 aliphatic heterocycles. The fourth-order valence-corrected chi connectivity index (χ4v) is 10.2. The number of hydrogen-bond donors (Lipinski definition) is 5. The van der Waals surface area contributed by atoms with Crippen molar-refractivity contribution in [3.8, 4) is 23.0 Å². The van der Waals surface area contributed by atoms with Crippen LogP contribution in [0.3, 0.4) is 0 Å². The van der Waals surface area contributed by atoms with Crippen molar-refractivity contribution in [1.29, 1.82) is 0 Å². The summed E-state index contributed by atoms with van der Waals surface area (Å²) >= 11 is 0. The highest BCUT2D eigenvalue weighted by atomic mass is 16.5. The molecule has 91 heavy (non-hydrogen) atoms. The molecular formula is C72H104N8O11. The van der Waals surface area contributed by atoms with E-state index in [0.29, 0.717) is 32.2 Å². The standard InChI is InChI=1S/C72H104N8O11/c1-5-9-13-17-21-25-29-36-42-87-56-46-60(73-61(47-56)69(82)79-66-52-59(90-45-39-32-28-24-20-16-12-8-4)53-67(76-66)80-72(86)91-54-55-40-34-33-35-41-55)68(81)77-64-50-58(89-44-38-31-27-23-19-15-11-7-3)51-65(75-64)78-70(83)62-48-57(49-63(74-62)71(84)85)88-43-37-30-26-22-18-14-10-6-2/h33-35,40-41,46-53H,5-32,36-39,42-45,54H2,1-4H3,(H,84,85)(H2,75,77,78,81,83)(H2,76,79,80,82,86). The summed E-state index contributed by atoms with van der Waals surface area (Å²) in [6, 6.07) is 21.0. The Hall–Kier alpha value is -7.83. The number of carboxylic acid groups (broad SMARTS) is 1. The highest BCUT2D eigenvalue weighted by molar-refractivity contribution is 6.07. The molecule has 0 radical (unpaired) electrons. The lowest BCUT2D eigenvalue weighted by Gasteiger charge is -2.14. The van der Waals surface area contributed by atoms with E-state index in [9.17, 15) is 29.1 Å². The van der Waals surface area contributed by atoms with Gasteiger partial charge in [-0.2, -0.15) is 0 Å². The molecule has 0 aliphatic rings. The number of aromatic nitrogens is 4. The third-order valence-electron chi connectivity index (χ3n) is 15.3. The van der Waals surface area contributed by atoms with E-state index < -0.39 is 29.8 Å². The van der Waals surface area contributed by atoms with Crippen molar-refractivity contribution in [2.75, 3.05) is 47.7 Å². The predicted molar refractivity (Wildman–Crippen MR) is 360 cm³/mol. The number of hydrogen-bond acceptors (Lipinski definition) is 14. The van der Waals surface area contributed by atoms with Gasteiger partial charge in [0.1, 0.15) is 70.0 Å². The monoisotopic (exact) mass is 1260 g/mol. The van der Waals surface area contributed by atoms with Gasteiger partial charge in [-0.3, -0.25) is 19.7 Å². The number of nitrogens with zero attached hydrogens (tertiary/aromatic N) is 4. The second-order valence-electron chi connectivity index (χ2n) is 23.4. The second-order valence-corrected chi connectivity index (χ2v) is 23.4. The number of amides is 4. The van der Waals surface area contributed by atoms with Gasteiger partial charge in [0, 0.05) is 48.5 Å². The third kappa shape index (κ3) is 31.7. The molecular weight excluding hydrogens is 1150 g/mol. The summed E-state index contributed by atoms with van der Waals surface area (Å²) in [5, 5.41) is 21.0. The summed E-state index contributed by atoms with van der Waals surface area (Å²) in [4.78, 5) is 86.1. The Balaban J connectivity index is 1.39. The van der Waals surface area contributed by atoms with Crippen LogP contribution in [-0.2, 0) is 11.3 Å². The number of nitrogens with one attached hydrogen (secondary N) is 4. The minimum Gasteiger partial charge on any atom is -0.493 e. The van der Waals surface area contributed by atoms with E-state index in [-0.39, 0.29) is 69.9 Å². The van der Waals surface area contributed by atoms with Gasteiger partial charge in [-0.25, -0.2) is 29.5 Å². The van der Waals surface area contributed by atoms with E-state index in [2.05, 4.69) is 68.9 Å². The number of benzene rings is 1. The van der Waals surface area contributed by atoms with E-state index >= 15 is 0 Å². The Bertz CT molecular complexity index is 2910. The summed E-state index contributed by atoms with van der Waals surface area (Å²) < 4.78 is 30.1. The molecule has 4 heterocycles. The first kappa shape index (κ1) is 73.9. The summed E-state index contributed by atoms with van der Waals surface area (Å²) in [5.41, 5.74) is -0.156. The molecule has 0 fully saturated rings. The second kappa shape index (κ2) is 45.4. The highest BCUT2D eigenvalue weighted by Crippen LogP contribution is 2.27. The van der Waals surface area contributed by atoms with Gasteiger partial charge in [0.2, 0.25) is 0 Å². The zero-order valence-electron chi connectivity index (χ0n) is 55.0. The third-order valence-corrected chi connectivity index (χ3v) is 15.3. The number of carboxylic acids is 1. The van der Waals surface area contributed by atoms with Crippen molar-refractivity contribution >= 4 is 53.1 Å². The average Bonchev–Trinajstić information content (AvgIpc) is 3.08. The van der Waals surface area contributed by atoms with Crippen LogP contribution in [0.25, 0.3) is 0 Å². The molecule has 0 spiro atoms. The van der Waals surface area contributed by atoms with E-state index in [1.807, 2.05) is 30.3 Å². The van der Waals surface area contributed by atoms with E-state index in [1.54, 1.807) is 12.1 Å². The average molecular weight is 1260 g/mol. The maximum Gasteiger partial charge on any atom is 0.413 e. The Labute approximate surface area is 541 Å². The molecule has 0 saturated carbocycles. The van der Waals surface area contributed by atoms with Crippen LogP contribution >= 0.6 is 0 Å². The summed E-state index contributed by atoms with van der Waals surface area (Å²) in [6.07, 6.45) is 34.4. The van der Waals surface area contributed by atoms with Gasteiger partial charge >= 0.3 is 12.1 Å². The van der Waals surface area contributed by atoms with Gasteiger partial charge in [-0.15, -0.1) is 0 Å². The number of ether oxygens (including phenoxy) is 5. The Morgan fingerprint density at radius 1 is 0.341 bits per heavy atom. The first-order valence-corrected chi connectivity index (χ1v) is 34.2. The minimum atomic E-state index is -1.33. The summed E-state index contributed by atoms with van der Waals surface area (Å²) in [6.45, 7) is 10.2. The quantitative estimate of drug-likeness (QED) is 0.0227. The molecule has 5 aromatic rings. The number of aromatic carboxylic acids is 1. The first-order valence-electron chi connectivity index (χ1n) is 34.2. The van der Waals surface area contributed by atoms with Gasteiger partial charge in [0.25, 0.3) is 17.7 Å². The largest absolute Gasteiger partial charge is 0.493 e. The maximum atomic E-state index is 14.5. The van der Waals surface area contributed by atoms with Crippen LogP contribution in [0.2, 0.25) is 0 Å². The van der Waals surface area contributed by atoms with Crippen molar-refractivity contribution in [2.24, 2.45) is 0 Å².